The van der Waals surface area contributed by atoms with Crippen LogP contribution in [0.5, 0.6) is 0 Å². The second-order valence-electron chi connectivity index (χ2n) is 4.16. The zero-order chi connectivity index (χ0) is 13.4. The highest BCUT2D eigenvalue weighted by Crippen LogP contribution is 2.16. The van der Waals surface area contributed by atoms with E-state index in [0.29, 0.717) is 13.0 Å². The number of hydrogen-bond donors (Lipinski definition) is 1. The van der Waals surface area contributed by atoms with Crippen LogP contribution >= 0.6 is 0 Å². The standard InChI is InChI=1S/C13H23N3O2/c1-4-7-16-10-11(9-15-16)12(14-5-2)8-13(17)18-6-3/h9-10,12,14H,4-8H2,1-3H3. The molecule has 0 amide bonds. The maximum atomic E-state index is 11.5. The maximum absolute atomic E-state index is 11.5. The van der Waals surface area contributed by atoms with E-state index >= 15 is 0 Å². The molecule has 18 heavy (non-hydrogen) atoms. The molecule has 5 heteroatoms. The summed E-state index contributed by atoms with van der Waals surface area (Å²) in [4.78, 5) is 11.5. The molecule has 1 rings (SSSR count). The number of aryl methyl sites for hydroxylation is 1. The summed E-state index contributed by atoms with van der Waals surface area (Å²) in [7, 11) is 0. The molecule has 0 spiro atoms. The number of carbonyl (C=O) groups is 1. The van der Waals surface area contributed by atoms with E-state index in [9.17, 15) is 4.79 Å². The van der Waals surface area contributed by atoms with Gasteiger partial charge in [0.25, 0.3) is 0 Å². The number of ether oxygens (including phenoxy) is 1. The van der Waals surface area contributed by atoms with Gasteiger partial charge in [-0.2, -0.15) is 5.10 Å². The predicted molar refractivity (Wildman–Crippen MR) is 70.2 cm³/mol. The highest BCUT2D eigenvalue weighted by atomic mass is 16.5. The zero-order valence-electron chi connectivity index (χ0n) is 11.5. The summed E-state index contributed by atoms with van der Waals surface area (Å²) < 4.78 is 6.90. The highest BCUT2D eigenvalue weighted by Gasteiger charge is 2.17. The van der Waals surface area contributed by atoms with Crippen LogP contribution in [0.25, 0.3) is 0 Å². The van der Waals surface area contributed by atoms with Crippen LogP contribution in [0.3, 0.4) is 0 Å². The van der Waals surface area contributed by atoms with E-state index in [1.165, 1.54) is 0 Å². The van der Waals surface area contributed by atoms with Crippen LogP contribution in [-0.2, 0) is 16.1 Å². The number of nitrogens with one attached hydrogen (secondary N) is 1. The Morgan fingerprint density at radius 1 is 1.50 bits per heavy atom. The van der Waals surface area contributed by atoms with Crippen molar-refractivity contribution in [1.29, 1.82) is 0 Å². The Bertz CT molecular complexity index is 363. The summed E-state index contributed by atoms with van der Waals surface area (Å²) in [5, 5.41) is 7.58. The lowest BCUT2D eigenvalue weighted by atomic mass is 10.1. The van der Waals surface area contributed by atoms with Crippen LogP contribution < -0.4 is 5.32 Å². The van der Waals surface area contributed by atoms with Gasteiger partial charge in [0.1, 0.15) is 0 Å². The molecular weight excluding hydrogens is 230 g/mol. The third-order valence-electron chi connectivity index (χ3n) is 2.63. The molecule has 0 saturated heterocycles. The smallest absolute Gasteiger partial charge is 0.307 e. The van der Waals surface area contributed by atoms with E-state index in [-0.39, 0.29) is 12.0 Å². The Hall–Kier alpha value is -1.36. The van der Waals surface area contributed by atoms with E-state index in [1.807, 2.05) is 30.9 Å². The molecule has 0 saturated carbocycles. The van der Waals surface area contributed by atoms with Gasteiger partial charge in [-0.3, -0.25) is 9.48 Å². The lowest BCUT2D eigenvalue weighted by Crippen LogP contribution is -2.24. The number of esters is 1. The zero-order valence-corrected chi connectivity index (χ0v) is 11.5. The summed E-state index contributed by atoms with van der Waals surface area (Å²) in [5.74, 6) is -0.174. The van der Waals surface area contributed by atoms with Crippen LogP contribution in [-0.4, -0.2) is 28.9 Å². The maximum Gasteiger partial charge on any atom is 0.307 e. The van der Waals surface area contributed by atoms with Crippen LogP contribution in [0, 0.1) is 0 Å². The minimum absolute atomic E-state index is 0.0142. The van der Waals surface area contributed by atoms with Crippen molar-refractivity contribution in [2.24, 2.45) is 0 Å². The Morgan fingerprint density at radius 2 is 2.28 bits per heavy atom. The molecular formula is C13H23N3O2. The van der Waals surface area contributed by atoms with E-state index in [4.69, 9.17) is 4.74 Å². The van der Waals surface area contributed by atoms with Crippen molar-refractivity contribution in [3.63, 3.8) is 0 Å². The summed E-state index contributed by atoms with van der Waals surface area (Å²) >= 11 is 0. The minimum atomic E-state index is -0.174. The first kappa shape index (κ1) is 14.7. The summed E-state index contributed by atoms with van der Waals surface area (Å²) in [6.45, 7) is 8.09. The van der Waals surface area contributed by atoms with Gasteiger partial charge >= 0.3 is 5.97 Å². The monoisotopic (exact) mass is 253 g/mol. The third-order valence-corrected chi connectivity index (χ3v) is 2.63. The lowest BCUT2D eigenvalue weighted by Gasteiger charge is -2.15. The van der Waals surface area contributed by atoms with Gasteiger partial charge in [0, 0.05) is 24.3 Å². The molecule has 0 aliphatic rings. The van der Waals surface area contributed by atoms with Gasteiger partial charge < -0.3 is 10.1 Å². The number of carbonyl (C=O) groups excluding carboxylic acids is 1. The molecule has 0 aliphatic carbocycles. The largest absolute Gasteiger partial charge is 0.466 e. The lowest BCUT2D eigenvalue weighted by molar-refractivity contribution is -0.143. The quantitative estimate of drug-likeness (QED) is 0.719. The van der Waals surface area contributed by atoms with E-state index < -0.39 is 0 Å². The van der Waals surface area contributed by atoms with Crippen LogP contribution in [0.1, 0.15) is 45.2 Å². The molecule has 1 heterocycles. The first-order chi connectivity index (χ1) is 8.71. The highest BCUT2D eigenvalue weighted by molar-refractivity contribution is 5.70. The Labute approximate surface area is 109 Å². The molecule has 1 aromatic heterocycles. The van der Waals surface area contributed by atoms with Crippen molar-refractivity contribution >= 4 is 5.97 Å². The second-order valence-corrected chi connectivity index (χ2v) is 4.16. The van der Waals surface area contributed by atoms with Gasteiger partial charge in [0.15, 0.2) is 0 Å². The molecule has 0 aliphatic heterocycles. The van der Waals surface area contributed by atoms with Crippen LogP contribution in [0.4, 0.5) is 0 Å². The predicted octanol–water partition coefficient (Wildman–Crippen LogP) is 1.90. The van der Waals surface area contributed by atoms with Crippen molar-refractivity contribution < 1.29 is 9.53 Å². The van der Waals surface area contributed by atoms with Gasteiger partial charge in [-0.1, -0.05) is 13.8 Å². The van der Waals surface area contributed by atoms with Crippen molar-refractivity contribution in [2.75, 3.05) is 13.2 Å². The van der Waals surface area contributed by atoms with E-state index in [1.54, 1.807) is 0 Å². The Balaban J connectivity index is 2.67. The van der Waals surface area contributed by atoms with Gasteiger partial charge in [-0.25, -0.2) is 0 Å². The summed E-state index contributed by atoms with van der Waals surface area (Å²) in [6.07, 6.45) is 5.21. The Morgan fingerprint density at radius 3 is 2.89 bits per heavy atom. The van der Waals surface area contributed by atoms with Crippen molar-refractivity contribution in [3.05, 3.63) is 18.0 Å². The molecule has 0 fully saturated rings. The van der Waals surface area contributed by atoms with Crippen LogP contribution in [0.2, 0.25) is 0 Å². The van der Waals surface area contributed by atoms with Crippen molar-refractivity contribution in [2.45, 2.75) is 46.2 Å². The van der Waals surface area contributed by atoms with Crippen molar-refractivity contribution in [1.82, 2.24) is 15.1 Å². The normalized spacial score (nSPS) is 12.4. The van der Waals surface area contributed by atoms with Gasteiger partial charge in [0.05, 0.1) is 19.2 Å². The minimum Gasteiger partial charge on any atom is -0.466 e. The SMILES string of the molecule is CCCn1cc(C(CC(=O)OCC)NCC)cn1. The summed E-state index contributed by atoms with van der Waals surface area (Å²) in [5.41, 5.74) is 1.04. The van der Waals surface area contributed by atoms with Gasteiger partial charge in [0.2, 0.25) is 0 Å². The fourth-order valence-electron chi connectivity index (χ4n) is 1.85. The van der Waals surface area contributed by atoms with E-state index in [2.05, 4.69) is 17.3 Å². The number of hydrogen-bond acceptors (Lipinski definition) is 4. The fraction of sp³-hybridized carbons (Fsp3) is 0.692. The number of nitrogens with zero attached hydrogens (tertiary/aromatic N) is 2. The molecule has 1 atom stereocenters. The molecule has 1 N–H and O–H groups in total. The molecule has 0 bridgehead atoms. The molecule has 102 valence electrons. The Kier molecular flexibility index (Phi) is 6.43. The fourth-order valence-corrected chi connectivity index (χ4v) is 1.85. The molecule has 0 aromatic carbocycles. The summed E-state index contributed by atoms with van der Waals surface area (Å²) in [6, 6.07) is -0.0142. The average Bonchev–Trinajstić information content (AvgIpc) is 2.78. The second kappa shape index (κ2) is 7.87. The third kappa shape index (κ3) is 4.49. The first-order valence-electron chi connectivity index (χ1n) is 6.62. The van der Waals surface area contributed by atoms with E-state index in [0.717, 1.165) is 25.1 Å². The first-order valence-corrected chi connectivity index (χ1v) is 6.62. The molecule has 5 nitrogen and oxygen atoms in total. The van der Waals surface area contributed by atoms with Gasteiger partial charge in [-0.05, 0) is 19.9 Å². The molecule has 1 unspecified atom stereocenters. The van der Waals surface area contributed by atoms with Gasteiger partial charge in [-0.15, -0.1) is 0 Å². The number of rotatable bonds is 8. The average molecular weight is 253 g/mol. The van der Waals surface area contributed by atoms with Crippen LogP contribution in [0.15, 0.2) is 12.4 Å². The number of aromatic nitrogens is 2. The van der Waals surface area contributed by atoms with Crippen molar-refractivity contribution in [3.8, 4) is 0 Å². The topological polar surface area (TPSA) is 56.1 Å². The molecule has 0 radical (unpaired) electrons. The molecule has 1 aromatic rings.